The number of ether oxygens (including phenoxy) is 1. The van der Waals surface area contributed by atoms with Gasteiger partial charge in [-0.15, -0.1) is 0 Å². The second kappa shape index (κ2) is 9.61. The maximum Gasteiger partial charge on any atom is 0.119 e. The monoisotopic (exact) mass is 392 g/mol. The van der Waals surface area contributed by atoms with Crippen LogP contribution in [0, 0.1) is 0 Å². The number of nitrogens with zero attached hydrogens (tertiary/aromatic N) is 1. The van der Waals surface area contributed by atoms with Gasteiger partial charge in [0.2, 0.25) is 0 Å². The van der Waals surface area contributed by atoms with Crippen LogP contribution in [0.25, 0.3) is 0 Å². The second-order valence-corrected chi connectivity index (χ2v) is 7.55. The normalized spacial score (nSPS) is 17.6. The van der Waals surface area contributed by atoms with E-state index in [-0.39, 0.29) is 0 Å². The molecule has 0 aromatic heterocycles. The summed E-state index contributed by atoms with van der Waals surface area (Å²) in [5.74, 6) is 0.854. The van der Waals surface area contributed by atoms with Crippen molar-refractivity contribution in [2.45, 2.75) is 39.0 Å². The Morgan fingerprint density at radius 3 is 2.58 bits per heavy atom. The highest BCUT2D eigenvalue weighted by atomic mass is 35.5. The van der Waals surface area contributed by atoms with Gasteiger partial charge in [0.1, 0.15) is 12.4 Å². The number of benzene rings is 2. The second-order valence-electron chi connectivity index (χ2n) is 6.74. The highest BCUT2D eigenvalue weighted by molar-refractivity contribution is 6.42. The molecule has 3 nitrogen and oxygen atoms in total. The van der Waals surface area contributed by atoms with E-state index in [0.717, 1.165) is 30.9 Å². The Morgan fingerprint density at radius 2 is 1.85 bits per heavy atom. The molecule has 140 valence electrons. The minimum atomic E-state index is 0.475. The van der Waals surface area contributed by atoms with Crippen LogP contribution in [0.1, 0.15) is 30.9 Å². The number of likely N-dealkylation sites (N-methyl/N-ethyl adjacent to an activating group) is 1. The molecule has 1 saturated heterocycles. The lowest BCUT2D eigenvalue weighted by atomic mass is 10.2. The van der Waals surface area contributed by atoms with Crippen LogP contribution in [0.15, 0.2) is 42.5 Å². The van der Waals surface area contributed by atoms with Gasteiger partial charge in [-0.1, -0.05) is 48.3 Å². The molecule has 0 aliphatic carbocycles. The third-order valence-corrected chi connectivity index (χ3v) is 5.67. The summed E-state index contributed by atoms with van der Waals surface area (Å²) >= 11 is 12.0. The third-order valence-electron chi connectivity index (χ3n) is 4.93. The number of rotatable bonds is 8. The smallest absolute Gasteiger partial charge is 0.119 e. The van der Waals surface area contributed by atoms with Gasteiger partial charge in [0.05, 0.1) is 10.0 Å². The highest BCUT2D eigenvalue weighted by Gasteiger charge is 2.21. The molecule has 1 aliphatic heterocycles. The first kappa shape index (κ1) is 19.5. The number of hydrogen-bond donors (Lipinski definition) is 1. The molecule has 0 amide bonds. The van der Waals surface area contributed by atoms with Gasteiger partial charge in [-0.2, -0.15) is 0 Å². The topological polar surface area (TPSA) is 24.5 Å². The molecular weight excluding hydrogens is 367 g/mol. The predicted molar refractivity (Wildman–Crippen MR) is 109 cm³/mol. The van der Waals surface area contributed by atoms with E-state index in [2.05, 4.69) is 29.3 Å². The fourth-order valence-electron chi connectivity index (χ4n) is 3.43. The van der Waals surface area contributed by atoms with Crippen molar-refractivity contribution < 1.29 is 4.74 Å². The van der Waals surface area contributed by atoms with E-state index in [1.165, 1.54) is 24.9 Å². The molecule has 1 N–H and O–H groups in total. The average molecular weight is 393 g/mol. The van der Waals surface area contributed by atoms with Crippen molar-refractivity contribution in [3.63, 3.8) is 0 Å². The molecule has 2 aromatic carbocycles. The van der Waals surface area contributed by atoms with E-state index in [1.807, 2.05) is 24.3 Å². The number of nitrogens with one attached hydrogen (secondary N) is 1. The average Bonchev–Trinajstić information content (AvgIpc) is 3.11. The first-order valence-electron chi connectivity index (χ1n) is 9.26. The summed E-state index contributed by atoms with van der Waals surface area (Å²) in [6, 6.07) is 14.5. The number of halogens is 2. The zero-order valence-electron chi connectivity index (χ0n) is 15.2. The molecule has 1 aliphatic rings. The summed E-state index contributed by atoms with van der Waals surface area (Å²) in [6.07, 6.45) is 2.63. The van der Waals surface area contributed by atoms with Crippen LogP contribution in [0.2, 0.25) is 10.0 Å². The molecule has 0 unspecified atom stereocenters. The van der Waals surface area contributed by atoms with Crippen LogP contribution in [0.3, 0.4) is 0 Å². The Kier molecular flexibility index (Phi) is 7.21. The minimum Gasteiger partial charge on any atom is -0.489 e. The highest BCUT2D eigenvalue weighted by Crippen LogP contribution is 2.23. The number of hydrogen-bond acceptors (Lipinski definition) is 3. The van der Waals surface area contributed by atoms with Crippen molar-refractivity contribution in [3.05, 3.63) is 63.6 Å². The van der Waals surface area contributed by atoms with Gasteiger partial charge in [0.25, 0.3) is 0 Å². The summed E-state index contributed by atoms with van der Waals surface area (Å²) in [7, 11) is 0. The zero-order valence-corrected chi connectivity index (χ0v) is 16.7. The van der Waals surface area contributed by atoms with Crippen LogP contribution in [0.5, 0.6) is 5.75 Å². The lowest BCUT2D eigenvalue weighted by Crippen LogP contribution is -2.37. The summed E-state index contributed by atoms with van der Waals surface area (Å²) in [6.45, 7) is 7.06. The maximum atomic E-state index is 6.03. The Morgan fingerprint density at radius 1 is 1.08 bits per heavy atom. The molecular formula is C21H26Cl2N2O. The van der Waals surface area contributed by atoms with Crippen molar-refractivity contribution in [3.8, 4) is 5.75 Å². The molecule has 0 spiro atoms. The van der Waals surface area contributed by atoms with Crippen molar-refractivity contribution in [1.82, 2.24) is 10.2 Å². The molecule has 5 heteroatoms. The van der Waals surface area contributed by atoms with Crippen molar-refractivity contribution in [1.29, 1.82) is 0 Å². The van der Waals surface area contributed by atoms with Crippen molar-refractivity contribution in [2.75, 3.05) is 19.6 Å². The van der Waals surface area contributed by atoms with Crippen LogP contribution in [0.4, 0.5) is 0 Å². The van der Waals surface area contributed by atoms with Gasteiger partial charge < -0.3 is 10.1 Å². The van der Waals surface area contributed by atoms with E-state index in [0.29, 0.717) is 22.7 Å². The van der Waals surface area contributed by atoms with Gasteiger partial charge >= 0.3 is 0 Å². The Balaban J connectivity index is 1.43. The van der Waals surface area contributed by atoms with Crippen LogP contribution >= 0.6 is 23.2 Å². The first-order chi connectivity index (χ1) is 12.7. The Labute approximate surface area is 166 Å². The van der Waals surface area contributed by atoms with E-state index < -0.39 is 0 Å². The lowest BCUT2D eigenvalue weighted by Gasteiger charge is -2.23. The van der Waals surface area contributed by atoms with E-state index in [4.69, 9.17) is 27.9 Å². The summed E-state index contributed by atoms with van der Waals surface area (Å²) in [5.41, 5.74) is 2.27. The molecule has 3 rings (SSSR count). The fourth-order valence-corrected chi connectivity index (χ4v) is 3.75. The van der Waals surface area contributed by atoms with Gasteiger partial charge in [-0.25, -0.2) is 0 Å². The molecule has 0 saturated carbocycles. The standard InChI is InChI=1S/C21H26Cl2N2O/c1-2-25-11-3-4-18(25)14-24-13-16-5-8-19(9-6-16)26-15-17-7-10-20(22)21(23)12-17/h5-10,12,18,24H,2-4,11,13-15H2,1H3/t18-/m1/s1. The number of likely N-dealkylation sites (tertiary alicyclic amines) is 1. The van der Waals surface area contributed by atoms with E-state index in [1.54, 1.807) is 6.07 Å². The largest absolute Gasteiger partial charge is 0.489 e. The molecule has 0 bridgehead atoms. The third kappa shape index (κ3) is 5.37. The van der Waals surface area contributed by atoms with Gasteiger partial charge in [0, 0.05) is 19.1 Å². The van der Waals surface area contributed by atoms with E-state index in [9.17, 15) is 0 Å². The van der Waals surface area contributed by atoms with E-state index >= 15 is 0 Å². The zero-order chi connectivity index (χ0) is 18.4. The molecule has 1 fully saturated rings. The lowest BCUT2D eigenvalue weighted by molar-refractivity contribution is 0.260. The summed E-state index contributed by atoms with van der Waals surface area (Å²) in [4.78, 5) is 2.56. The van der Waals surface area contributed by atoms with Gasteiger partial charge in [-0.05, 0) is 61.3 Å². The Bertz CT molecular complexity index is 706. The Hall–Kier alpha value is -1.26. The minimum absolute atomic E-state index is 0.475. The molecule has 2 aromatic rings. The molecule has 1 atom stereocenters. The van der Waals surface area contributed by atoms with Gasteiger partial charge in [0.15, 0.2) is 0 Å². The van der Waals surface area contributed by atoms with Crippen LogP contribution < -0.4 is 10.1 Å². The maximum absolute atomic E-state index is 6.03. The molecule has 26 heavy (non-hydrogen) atoms. The summed E-state index contributed by atoms with van der Waals surface area (Å²) < 4.78 is 5.83. The quantitative estimate of drug-likeness (QED) is 0.672. The first-order valence-corrected chi connectivity index (χ1v) is 10.0. The SMILES string of the molecule is CCN1CCC[C@@H]1CNCc1ccc(OCc2ccc(Cl)c(Cl)c2)cc1. The van der Waals surface area contributed by atoms with Crippen LogP contribution in [-0.4, -0.2) is 30.6 Å². The molecule has 1 heterocycles. The fraction of sp³-hybridized carbons (Fsp3) is 0.429. The predicted octanol–water partition coefficient (Wildman–Crippen LogP) is 5.15. The van der Waals surface area contributed by atoms with Gasteiger partial charge in [-0.3, -0.25) is 4.90 Å². The van der Waals surface area contributed by atoms with Crippen molar-refractivity contribution in [2.24, 2.45) is 0 Å². The van der Waals surface area contributed by atoms with Crippen LogP contribution in [-0.2, 0) is 13.2 Å². The van der Waals surface area contributed by atoms with Crippen molar-refractivity contribution >= 4 is 23.2 Å². The molecule has 0 radical (unpaired) electrons. The summed E-state index contributed by atoms with van der Waals surface area (Å²) in [5, 5.41) is 4.70.